The van der Waals surface area contributed by atoms with Crippen molar-refractivity contribution in [3.05, 3.63) is 168 Å². The molecule has 1 heterocycles. The monoisotopic (exact) mass is 731 g/mol. The van der Waals surface area contributed by atoms with Gasteiger partial charge in [-0.25, -0.2) is 14.6 Å². The van der Waals surface area contributed by atoms with E-state index in [1.165, 1.54) is 17.2 Å². The number of benzene rings is 5. The summed E-state index contributed by atoms with van der Waals surface area (Å²) in [6.45, 7) is 2.16. The molecule has 0 aliphatic carbocycles. The van der Waals surface area contributed by atoms with Crippen molar-refractivity contribution < 1.29 is 29.0 Å². The molecule has 276 valence electrons. The Morgan fingerprint density at radius 2 is 1.29 bits per heavy atom. The highest BCUT2D eigenvalue weighted by atomic mass is 16.5. The number of aromatic amines is 1. The molecule has 0 saturated carbocycles. The summed E-state index contributed by atoms with van der Waals surface area (Å²) in [6.07, 6.45) is 7.20. The van der Waals surface area contributed by atoms with Crippen LogP contribution >= 0.6 is 0 Å². The Balaban J connectivity index is 1.17. The first-order chi connectivity index (χ1) is 26.9. The Kier molecular flexibility index (Phi) is 12.8. The van der Waals surface area contributed by atoms with Gasteiger partial charge in [0, 0.05) is 41.3 Å². The first-order valence-corrected chi connectivity index (χ1v) is 18.0. The van der Waals surface area contributed by atoms with Crippen LogP contribution in [-0.4, -0.2) is 52.7 Å². The predicted octanol–water partition coefficient (Wildman–Crippen LogP) is 8.80. The molecule has 0 spiro atoms. The van der Waals surface area contributed by atoms with Gasteiger partial charge in [0.2, 0.25) is 5.91 Å². The van der Waals surface area contributed by atoms with Gasteiger partial charge in [-0.05, 0) is 72.0 Å². The minimum atomic E-state index is -1.06. The normalized spacial score (nSPS) is 11.2. The molecule has 6 aromatic rings. The number of hydrogen-bond acceptors (Lipinski definition) is 6. The fourth-order valence-corrected chi connectivity index (χ4v) is 6.12. The molecule has 0 aliphatic rings. The smallest absolute Gasteiger partial charge is 0.341 e. The van der Waals surface area contributed by atoms with E-state index >= 15 is 0 Å². The number of H-pyrrole nitrogens is 1. The van der Waals surface area contributed by atoms with E-state index in [0.717, 1.165) is 39.9 Å². The van der Waals surface area contributed by atoms with Crippen molar-refractivity contribution >= 4 is 30.0 Å². The van der Waals surface area contributed by atoms with E-state index < -0.39 is 18.5 Å². The van der Waals surface area contributed by atoms with Gasteiger partial charge in [-0.2, -0.15) is 0 Å². The Bertz CT molecular complexity index is 2200. The molecule has 1 amide bonds. The second-order valence-electron chi connectivity index (χ2n) is 12.6. The van der Waals surface area contributed by atoms with Crippen molar-refractivity contribution in [1.82, 2.24) is 15.3 Å². The summed E-state index contributed by atoms with van der Waals surface area (Å²) in [5, 5.41) is 12.0. The zero-order chi connectivity index (χ0) is 38.4. The molecule has 5 aromatic carbocycles. The molecule has 0 unspecified atom stereocenters. The van der Waals surface area contributed by atoms with Gasteiger partial charge in [0.1, 0.15) is 11.6 Å². The van der Waals surface area contributed by atoms with Crippen molar-refractivity contribution in [3.63, 3.8) is 0 Å². The lowest BCUT2D eigenvalue weighted by Gasteiger charge is -2.18. The van der Waals surface area contributed by atoms with Gasteiger partial charge in [-0.15, -0.1) is 0 Å². The van der Waals surface area contributed by atoms with Crippen molar-refractivity contribution in [2.75, 3.05) is 19.8 Å². The topological polar surface area (TPSA) is 131 Å². The van der Waals surface area contributed by atoms with E-state index in [9.17, 15) is 14.4 Å². The first kappa shape index (κ1) is 37.7. The van der Waals surface area contributed by atoms with Crippen LogP contribution in [0, 0.1) is 0 Å². The largest absolute Gasteiger partial charge is 0.482 e. The van der Waals surface area contributed by atoms with Gasteiger partial charge in [-0.1, -0.05) is 109 Å². The molecule has 0 saturated heterocycles. The van der Waals surface area contributed by atoms with Crippen LogP contribution in [0.4, 0.5) is 0 Å². The number of hydrogen-bond donors (Lipinski definition) is 3. The molecule has 9 nitrogen and oxygen atoms in total. The molecular formula is C46H41N3O6. The highest BCUT2D eigenvalue weighted by Crippen LogP contribution is 2.34. The predicted molar refractivity (Wildman–Crippen MR) is 215 cm³/mol. The number of carboxylic acid groups (broad SMARTS) is 1. The van der Waals surface area contributed by atoms with E-state index in [4.69, 9.17) is 19.6 Å². The zero-order valence-electron chi connectivity index (χ0n) is 30.4. The third kappa shape index (κ3) is 10.5. The van der Waals surface area contributed by atoms with Gasteiger partial charge in [0.05, 0.1) is 18.0 Å². The molecule has 9 heteroatoms. The summed E-state index contributed by atoms with van der Waals surface area (Å²) in [7, 11) is 0. The summed E-state index contributed by atoms with van der Waals surface area (Å²) in [6, 6.07) is 43.2. The maximum absolute atomic E-state index is 12.8. The van der Waals surface area contributed by atoms with Crippen LogP contribution < -0.4 is 10.1 Å². The number of aliphatic carboxylic acids is 1. The second-order valence-corrected chi connectivity index (χ2v) is 12.6. The number of aromatic nitrogens is 2. The maximum Gasteiger partial charge on any atom is 0.341 e. The number of ether oxygens (including phenoxy) is 2. The van der Waals surface area contributed by atoms with E-state index in [1.807, 2.05) is 97.1 Å². The van der Waals surface area contributed by atoms with Crippen LogP contribution in [0.3, 0.4) is 0 Å². The van der Waals surface area contributed by atoms with Crippen LogP contribution in [0.15, 0.2) is 146 Å². The molecule has 0 radical (unpaired) electrons. The van der Waals surface area contributed by atoms with Crippen LogP contribution in [-0.2, 0) is 19.1 Å². The number of amides is 1. The quantitative estimate of drug-likeness (QED) is 0.0670. The van der Waals surface area contributed by atoms with Crippen molar-refractivity contribution in [2.45, 2.75) is 19.3 Å². The molecule has 55 heavy (non-hydrogen) atoms. The lowest BCUT2D eigenvalue weighted by atomic mass is 9.88. The summed E-state index contributed by atoms with van der Waals surface area (Å²) in [5.74, 6) is -0.373. The molecule has 0 atom stereocenters. The van der Waals surface area contributed by atoms with E-state index in [-0.39, 0.29) is 11.8 Å². The molecular weight excluding hydrogens is 691 g/mol. The van der Waals surface area contributed by atoms with Crippen molar-refractivity contribution in [2.24, 2.45) is 0 Å². The highest BCUT2D eigenvalue weighted by molar-refractivity contribution is 5.92. The summed E-state index contributed by atoms with van der Waals surface area (Å²) in [4.78, 5) is 44.0. The number of carboxylic acids is 1. The van der Waals surface area contributed by atoms with Crippen molar-refractivity contribution in [3.8, 4) is 39.7 Å². The molecule has 1 aromatic heterocycles. The molecule has 3 N–H and O–H groups in total. The lowest BCUT2D eigenvalue weighted by molar-refractivity contribution is -0.139. The molecule has 0 aliphatic heterocycles. The average Bonchev–Trinajstić information content (AvgIpc) is 3.67. The van der Waals surface area contributed by atoms with Gasteiger partial charge in [-0.3, -0.25) is 4.79 Å². The number of carbonyl (C=O) groups is 3. The van der Waals surface area contributed by atoms with Crippen LogP contribution in [0.1, 0.15) is 41.5 Å². The average molecular weight is 732 g/mol. The fourth-order valence-electron chi connectivity index (χ4n) is 6.12. The molecule has 0 bridgehead atoms. The maximum atomic E-state index is 12.8. The minimum Gasteiger partial charge on any atom is -0.482 e. The highest BCUT2D eigenvalue weighted by Gasteiger charge is 2.17. The van der Waals surface area contributed by atoms with Crippen LogP contribution in [0.2, 0.25) is 0 Å². The summed E-state index contributed by atoms with van der Waals surface area (Å²) >= 11 is 0. The van der Waals surface area contributed by atoms with Crippen molar-refractivity contribution in [1.29, 1.82) is 0 Å². The Morgan fingerprint density at radius 3 is 1.87 bits per heavy atom. The van der Waals surface area contributed by atoms with Crippen LogP contribution in [0.5, 0.6) is 5.75 Å². The van der Waals surface area contributed by atoms with Gasteiger partial charge in [0.25, 0.3) is 0 Å². The van der Waals surface area contributed by atoms with Gasteiger partial charge in [0.15, 0.2) is 6.61 Å². The Morgan fingerprint density at radius 1 is 0.727 bits per heavy atom. The van der Waals surface area contributed by atoms with Gasteiger partial charge < -0.3 is 24.9 Å². The van der Waals surface area contributed by atoms with Crippen LogP contribution in [0.25, 0.3) is 46.1 Å². The van der Waals surface area contributed by atoms with E-state index in [0.29, 0.717) is 30.4 Å². The Labute approximate surface area is 320 Å². The number of nitrogens with zero attached hydrogens (tertiary/aromatic N) is 1. The lowest BCUT2D eigenvalue weighted by Crippen LogP contribution is -2.23. The fraction of sp³-hybridized carbons (Fsp3) is 0.130. The van der Waals surface area contributed by atoms with E-state index in [2.05, 4.69) is 34.6 Å². The molecule has 6 rings (SSSR count). The third-order valence-electron chi connectivity index (χ3n) is 8.84. The second kappa shape index (κ2) is 18.7. The number of nitrogens with one attached hydrogen (secondary N) is 2. The Hall–Kier alpha value is -7.00. The number of rotatable bonds is 16. The minimum absolute atomic E-state index is 0.164. The first-order valence-electron chi connectivity index (χ1n) is 18.0. The summed E-state index contributed by atoms with van der Waals surface area (Å²) < 4.78 is 10.3. The zero-order valence-corrected chi connectivity index (χ0v) is 30.4. The number of imidazole rings is 1. The number of esters is 1. The third-order valence-corrected chi connectivity index (χ3v) is 8.84. The van der Waals surface area contributed by atoms with E-state index in [1.54, 1.807) is 37.3 Å². The SMILES string of the molecule is CCOC(=O)/C=C/c1ccc(-c2nc(-c3ccc(OCC(=O)O)cc3)c(-c3ccc(/C=C/C(=O)NCCC(c4ccccc4)c4ccccc4)cc3)[nH]2)cc1. The standard InChI is InChI=1S/C46H41N3O6/c1-2-54-43(53)28-18-33-15-21-38(22-16-33)46-48-44(45(49-46)37-23-25-39(26-24-37)55-31-42(51)52)36-19-13-32(14-20-36)17-27-41(50)47-30-29-40(34-9-5-3-6-10-34)35-11-7-4-8-12-35/h3-28,40H,2,29-31H2,1H3,(H,47,50)(H,48,49)(H,51,52)/b27-17+,28-18+. The molecule has 0 fully saturated rings. The van der Waals surface area contributed by atoms with Gasteiger partial charge >= 0.3 is 11.9 Å². The number of carbonyl (C=O) groups excluding carboxylic acids is 2. The summed E-state index contributed by atoms with van der Waals surface area (Å²) in [5.41, 5.74) is 8.11.